The molecule has 3 atom stereocenters. The average Bonchev–Trinajstić information content (AvgIpc) is 3.70. The van der Waals surface area contributed by atoms with Gasteiger partial charge in [0.1, 0.15) is 11.3 Å². The van der Waals surface area contributed by atoms with Crippen molar-refractivity contribution in [2.24, 2.45) is 0 Å². The van der Waals surface area contributed by atoms with Crippen molar-refractivity contribution < 1.29 is 46.4 Å². The number of tetrazole rings is 1. The number of ether oxygens (including phenoxy) is 2. The number of benzene rings is 5. The van der Waals surface area contributed by atoms with Crippen LogP contribution in [0.5, 0.6) is 5.75 Å². The standard InChI is InChI=1S/C39H30F5N5O5S/c40-32-31(33(41)35(43)36(44)34(32)42)37(52)45-18-22-2-1-3-26(16-22)23-8-10-25(11-9-23)38-53-29(17-30(54-38)24-6-4-21(19-50)5-7-24)20-55-39-46-47-48-49(39)27-12-14-28(51)15-13-27/h1-16,29-30,38,50-51H,17-20H2,(H,45,52)/t29-,30+,38+/m0/s1. The predicted octanol–water partition coefficient (Wildman–Crippen LogP) is 7.49. The number of aromatic nitrogens is 4. The van der Waals surface area contributed by atoms with Gasteiger partial charge in [0.05, 0.1) is 24.5 Å². The molecule has 1 aliphatic heterocycles. The summed E-state index contributed by atoms with van der Waals surface area (Å²) < 4.78 is 83.5. The molecule has 0 radical (unpaired) electrons. The number of aliphatic hydroxyl groups is 1. The van der Waals surface area contributed by atoms with Gasteiger partial charge in [-0.25, -0.2) is 22.0 Å². The number of hydrogen-bond acceptors (Lipinski definition) is 9. The summed E-state index contributed by atoms with van der Waals surface area (Å²) >= 11 is 1.41. The molecule has 1 saturated heterocycles. The van der Waals surface area contributed by atoms with Crippen molar-refractivity contribution in [1.29, 1.82) is 0 Å². The Balaban J connectivity index is 1.06. The summed E-state index contributed by atoms with van der Waals surface area (Å²) in [7, 11) is 0. The highest BCUT2D eigenvalue weighted by atomic mass is 32.2. The number of thioether (sulfide) groups is 1. The Morgan fingerprint density at radius 2 is 1.47 bits per heavy atom. The van der Waals surface area contributed by atoms with Crippen LogP contribution in [0.4, 0.5) is 22.0 Å². The highest BCUT2D eigenvalue weighted by Gasteiger charge is 2.33. The van der Waals surface area contributed by atoms with E-state index in [2.05, 4.69) is 20.8 Å². The number of aromatic hydroxyl groups is 1. The van der Waals surface area contributed by atoms with Gasteiger partial charge in [0.25, 0.3) is 5.91 Å². The summed E-state index contributed by atoms with van der Waals surface area (Å²) in [6.07, 6.45) is -0.879. The number of nitrogens with zero attached hydrogens (tertiary/aromatic N) is 4. The van der Waals surface area contributed by atoms with E-state index in [1.165, 1.54) is 11.8 Å². The first kappa shape index (κ1) is 37.6. The lowest BCUT2D eigenvalue weighted by molar-refractivity contribution is -0.245. The SMILES string of the molecule is O=C(NCc1cccc(-c2ccc([C@@H]3O[C@H](CSc4nnnn4-c4ccc(O)cc4)C[C@H](c4ccc(CO)cc4)O3)cc2)c1)c1c(F)c(F)c(F)c(F)c1F. The second kappa shape index (κ2) is 16.4. The van der Waals surface area contributed by atoms with Gasteiger partial charge in [0.2, 0.25) is 11.0 Å². The minimum absolute atomic E-state index is 0.0884. The van der Waals surface area contributed by atoms with Crippen LogP contribution in [0, 0.1) is 29.1 Å². The monoisotopic (exact) mass is 775 g/mol. The van der Waals surface area contributed by atoms with Crippen molar-refractivity contribution in [2.75, 3.05) is 5.75 Å². The molecule has 1 fully saturated rings. The van der Waals surface area contributed by atoms with Crippen LogP contribution in [-0.2, 0) is 22.6 Å². The molecule has 7 rings (SSSR count). The van der Waals surface area contributed by atoms with Crippen LogP contribution in [0.1, 0.15) is 51.4 Å². The van der Waals surface area contributed by atoms with Gasteiger partial charge in [-0.05, 0) is 68.6 Å². The number of phenols is 1. The van der Waals surface area contributed by atoms with Crippen molar-refractivity contribution in [3.63, 3.8) is 0 Å². The number of amides is 1. The van der Waals surface area contributed by atoms with Gasteiger partial charge in [-0.3, -0.25) is 4.79 Å². The quantitative estimate of drug-likeness (QED) is 0.0531. The smallest absolute Gasteiger partial charge is 0.257 e. The van der Waals surface area contributed by atoms with E-state index in [0.717, 1.165) is 27.8 Å². The van der Waals surface area contributed by atoms with Crippen LogP contribution in [0.2, 0.25) is 0 Å². The zero-order chi connectivity index (χ0) is 38.6. The molecule has 10 nitrogen and oxygen atoms in total. The zero-order valence-electron chi connectivity index (χ0n) is 28.5. The zero-order valence-corrected chi connectivity index (χ0v) is 29.3. The Morgan fingerprint density at radius 3 is 2.16 bits per heavy atom. The van der Waals surface area contributed by atoms with Gasteiger partial charge in [-0.2, -0.15) is 4.68 Å². The minimum atomic E-state index is -2.35. The van der Waals surface area contributed by atoms with Gasteiger partial charge in [0, 0.05) is 24.3 Å². The van der Waals surface area contributed by atoms with Crippen molar-refractivity contribution >= 4 is 17.7 Å². The van der Waals surface area contributed by atoms with Crippen molar-refractivity contribution in [2.45, 2.75) is 43.2 Å². The number of phenolic OH excluding ortho intramolecular Hbond substituents is 1. The first-order valence-corrected chi connectivity index (χ1v) is 17.8. The number of rotatable bonds is 11. The number of hydrogen-bond donors (Lipinski definition) is 3. The molecule has 1 aromatic heterocycles. The summed E-state index contributed by atoms with van der Waals surface area (Å²) in [6.45, 7) is -0.343. The summed E-state index contributed by atoms with van der Waals surface area (Å²) in [5.74, 6) is -12.0. The lowest BCUT2D eigenvalue weighted by Gasteiger charge is -2.36. The third-order valence-corrected chi connectivity index (χ3v) is 9.93. The average molecular weight is 776 g/mol. The van der Waals surface area contributed by atoms with Gasteiger partial charge in [-0.1, -0.05) is 78.5 Å². The van der Waals surface area contributed by atoms with E-state index in [9.17, 15) is 37.0 Å². The normalized spacial score (nSPS) is 16.9. The molecule has 1 aliphatic rings. The number of aliphatic hydroxyl groups excluding tert-OH is 1. The fourth-order valence-corrected chi connectivity index (χ4v) is 6.89. The van der Waals surface area contributed by atoms with E-state index < -0.39 is 46.8 Å². The molecule has 0 spiro atoms. The van der Waals surface area contributed by atoms with Crippen LogP contribution in [-0.4, -0.2) is 48.2 Å². The number of halogens is 5. The highest BCUT2D eigenvalue weighted by molar-refractivity contribution is 7.99. The van der Waals surface area contributed by atoms with Gasteiger partial charge in [0.15, 0.2) is 29.6 Å². The molecule has 0 bridgehead atoms. The fourth-order valence-electron chi connectivity index (χ4n) is 5.98. The summed E-state index contributed by atoms with van der Waals surface area (Å²) in [6, 6.07) is 28.3. The largest absolute Gasteiger partial charge is 0.508 e. The van der Waals surface area contributed by atoms with Crippen LogP contribution in [0.25, 0.3) is 16.8 Å². The number of carbonyl (C=O) groups is 1. The summed E-state index contributed by atoms with van der Waals surface area (Å²) in [5, 5.41) is 34.1. The van der Waals surface area contributed by atoms with E-state index in [-0.39, 0.29) is 31.1 Å². The van der Waals surface area contributed by atoms with E-state index in [0.29, 0.717) is 28.6 Å². The van der Waals surface area contributed by atoms with Crippen LogP contribution in [0.15, 0.2) is 102 Å². The fraction of sp³-hybridized carbons (Fsp3) is 0.179. The second-order valence-electron chi connectivity index (χ2n) is 12.5. The minimum Gasteiger partial charge on any atom is -0.508 e. The predicted molar refractivity (Wildman–Crippen MR) is 189 cm³/mol. The molecule has 0 saturated carbocycles. The van der Waals surface area contributed by atoms with Crippen LogP contribution >= 0.6 is 11.8 Å². The Labute approximate surface area is 314 Å². The van der Waals surface area contributed by atoms with Crippen molar-refractivity contribution in [1.82, 2.24) is 25.5 Å². The molecule has 3 N–H and O–H groups in total. The molecule has 0 unspecified atom stereocenters. The maximum Gasteiger partial charge on any atom is 0.257 e. The molecular weight excluding hydrogens is 746 g/mol. The number of carbonyl (C=O) groups excluding carboxylic acids is 1. The second-order valence-corrected chi connectivity index (χ2v) is 13.5. The molecule has 6 aromatic rings. The third-order valence-electron chi connectivity index (χ3n) is 8.88. The maximum atomic E-state index is 14.1. The van der Waals surface area contributed by atoms with Crippen molar-refractivity contribution in [3.05, 3.63) is 154 Å². The maximum absolute atomic E-state index is 14.1. The van der Waals surface area contributed by atoms with E-state index in [1.54, 1.807) is 47.1 Å². The Kier molecular flexibility index (Phi) is 11.2. The Morgan fingerprint density at radius 1 is 0.800 bits per heavy atom. The Bertz CT molecular complexity index is 2280. The summed E-state index contributed by atoms with van der Waals surface area (Å²) in [4.78, 5) is 12.5. The third kappa shape index (κ3) is 8.22. The van der Waals surface area contributed by atoms with Gasteiger partial charge < -0.3 is 25.0 Å². The van der Waals surface area contributed by atoms with E-state index >= 15 is 0 Å². The molecule has 2 heterocycles. The summed E-state index contributed by atoms with van der Waals surface area (Å²) in [5.41, 5.74) is 3.53. The molecule has 1 amide bonds. The molecule has 55 heavy (non-hydrogen) atoms. The molecule has 0 aliphatic carbocycles. The molecule has 5 aromatic carbocycles. The molecular formula is C39H30F5N5O5S. The van der Waals surface area contributed by atoms with Gasteiger partial charge in [-0.15, -0.1) is 5.10 Å². The lowest BCUT2D eigenvalue weighted by Crippen LogP contribution is -2.31. The topological polar surface area (TPSA) is 132 Å². The van der Waals surface area contributed by atoms with Gasteiger partial charge >= 0.3 is 0 Å². The first-order valence-electron chi connectivity index (χ1n) is 16.8. The van der Waals surface area contributed by atoms with Crippen LogP contribution in [0.3, 0.4) is 0 Å². The number of nitrogens with one attached hydrogen (secondary N) is 1. The van der Waals surface area contributed by atoms with E-state index in [1.807, 2.05) is 54.6 Å². The lowest BCUT2D eigenvalue weighted by atomic mass is 9.99. The van der Waals surface area contributed by atoms with Crippen LogP contribution < -0.4 is 5.32 Å². The highest BCUT2D eigenvalue weighted by Crippen LogP contribution is 2.40. The van der Waals surface area contributed by atoms with Crippen molar-refractivity contribution in [3.8, 4) is 22.6 Å². The molecule has 16 heteroatoms. The molecule has 282 valence electrons. The van der Waals surface area contributed by atoms with E-state index in [4.69, 9.17) is 9.47 Å². The Hall–Kier alpha value is -5.68. The first-order chi connectivity index (χ1) is 26.6.